The molecule has 0 unspecified atom stereocenters. The molecular formula is C18H22N4O3. The van der Waals surface area contributed by atoms with Gasteiger partial charge in [0.1, 0.15) is 11.6 Å². The third-order valence-electron chi connectivity index (χ3n) is 5.11. The number of aliphatic hydroxyl groups is 1. The molecule has 25 heavy (non-hydrogen) atoms. The molecule has 2 aromatic heterocycles. The molecule has 1 fully saturated rings. The normalized spacial score (nSPS) is 17.5. The summed E-state index contributed by atoms with van der Waals surface area (Å²) in [5.41, 5.74) is 3.40. The van der Waals surface area contributed by atoms with Crippen LogP contribution in [0.15, 0.2) is 11.0 Å². The van der Waals surface area contributed by atoms with Gasteiger partial charge in [0.15, 0.2) is 0 Å². The van der Waals surface area contributed by atoms with Crippen molar-refractivity contribution in [3.8, 4) is 5.75 Å². The zero-order chi connectivity index (χ0) is 17.6. The number of aromatic nitrogens is 3. The largest absolute Gasteiger partial charge is 0.506 e. The third kappa shape index (κ3) is 3.05. The lowest BCUT2D eigenvalue weighted by Gasteiger charge is -2.28. The molecule has 0 atom stereocenters. The summed E-state index contributed by atoms with van der Waals surface area (Å²) in [5, 5.41) is 19.8. The first-order valence-electron chi connectivity index (χ1n) is 8.68. The standard InChI is InChI=1S/C18H22N4O3/c1-10-16(24)13(12(9-23)6-19-10)7-22-5-4-15-14(8-22)18(25)21-17(20-15)11-2-3-11/h6,11,23-24H,2-5,7-9H2,1H3,(H,20,21,25). The number of hydrogen-bond acceptors (Lipinski definition) is 6. The van der Waals surface area contributed by atoms with Crippen LogP contribution in [0.1, 0.15) is 52.7 Å². The van der Waals surface area contributed by atoms with Gasteiger partial charge in [-0.2, -0.15) is 0 Å². The number of aryl methyl sites for hydroxylation is 1. The van der Waals surface area contributed by atoms with Gasteiger partial charge < -0.3 is 15.2 Å². The maximum Gasteiger partial charge on any atom is 0.255 e. The number of aliphatic hydroxyl groups excluding tert-OH is 1. The number of rotatable bonds is 4. The van der Waals surface area contributed by atoms with Crippen LogP contribution in [0.25, 0.3) is 0 Å². The van der Waals surface area contributed by atoms with E-state index in [1.807, 2.05) is 0 Å². The molecule has 2 aromatic rings. The SMILES string of the molecule is Cc1ncc(CO)c(CN2CCc3nc(C4CC4)[nH]c(=O)c3C2)c1O. The summed E-state index contributed by atoms with van der Waals surface area (Å²) >= 11 is 0. The lowest BCUT2D eigenvalue weighted by molar-refractivity contribution is 0.231. The van der Waals surface area contributed by atoms with E-state index in [1.165, 1.54) is 0 Å². The fraction of sp³-hybridized carbons (Fsp3) is 0.500. The van der Waals surface area contributed by atoms with Crippen LogP contribution in [0.2, 0.25) is 0 Å². The summed E-state index contributed by atoms with van der Waals surface area (Å²) in [5.74, 6) is 1.38. The van der Waals surface area contributed by atoms with Gasteiger partial charge in [-0.05, 0) is 19.8 Å². The Hall–Kier alpha value is -2.25. The maximum absolute atomic E-state index is 12.4. The summed E-state index contributed by atoms with van der Waals surface area (Å²) in [4.78, 5) is 26.2. The van der Waals surface area contributed by atoms with E-state index in [-0.39, 0.29) is 17.9 Å². The van der Waals surface area contributed by atoms with E-state index in [0.717, 1.165) is 37.3 Å². The molecule has 2 aliphatic rings. The van der Waals surface area contributed by atoms with Gasteiger partial charge in [0, 0.05) is 49.3 Å². The van der Waals surface area contributed by atoms with Gasteiger partial charge in [0.2, 0.25) is 0 Å². The number of pyridine rings is 1. The van der Waals surface area contributed by atoms with Crippen LogP contribution in [-0.4, -0.2) is 36.6 Å². The highest BCUT2D eigenvalue weighted by atomic mass is 16.3. The molecule has 0 saturated heterocycles. The first-order valence-corrected chi connectivity index (χ1v) is 8.68. The summed E-state index contributed by atoms with van der Waals surface area (Å²) in [7, 11) is 0. The molecule has 1 saturated carbocycles. The lowest BCUT2D eigenvalue weighted by Crippen LogP contribution is -2.36. The minimum absolute atomic E-state index is 0.0471. The van der Waals surface area contributed by atoms with Crippen molar-refractivity contribution >= 4 is 0 Å². The molecule has 0 spiro atoms. The van der Waals surface area contributed by atoms with Crippen molar-refractivity contribution in [2.24, 2.45) is 0 Å². The molecular weight excluding hydrogens is 320 g/mol. The molecule has 0 bridgehead atoms. The van der Waals surface area contributed by atoms with Crippen LogP contribution in [-0.2, 0) is 26.1 Å². The summed E-state index contributed by atoms with van der Waals surface area (Å²) < 4.78 is 0. The first-order chi connectivity index (χ1) is 12.1. The second-order valence-electron chi connectivity index (χ2n) is 6.97. The third-order valence-corrected chi connectivity index (χ3v) is 5.11. The molecule has 7 nitrogen and oxygen atoms in total. The quantitative estimate of drug-likeness (QED) is 0.769. The monoisotopic (exact) mass is 342 g/mol. The number of nitrogens with one attached hydrogen (secondary N) is 1. The predicted octanol–water partition coefficient (Wildman–Crippen LogP) is 1.11. The fourth-order valence-electron chi connectivity index (χ4n) is 3.41. The smallest absolute Gasteiger partial charge is 0.255 e. The van der Waals surface area contributed by atoms with E-state index in [1.54, 1.807) is 13.1 Å². The van der Waals surface area contributed by atoms with Crippen molar-refractivity contribution in [3.63, 3.8) is 0 Å². The number of nitrogens with zero attached hydrogens (tertiary/aromatic N) is 3. The van der Waals surface area contributed by atoms with E-state index in [0.29, 0.717) is 41.4 Å². The number of H-pyrrole nitrogens is 1. The molecule has 132 valence electrons. The van der Waals surface area contributed by atoms with Gasteiger partial charge in [-0.25, -0.2) is 4.98 Å². The fourth-order valence-corrected chi connectivity index (χ4v) is 3.41. The second kappa shape index (κ2) is 6.24. The van der Waals surface area contributed by atoms with Gasteiger partial charge in [0.25, 0.3) is 5.56 Å². The van der Waals surface area contributed by atoms with Crippen molar-refractivity contribution in [1.82, 2.24) is 19.9 Å². The van der Waals surface area contributed by atoms with Crippen LogP contribution < -0.4 is 5.56 Å². The van der Waals surface area contributed by atoms with Gasteiger partial charge >= 0.3 is 0 Å². The average Bonchev–Trinajstić information content (AvgIpc) is 3.44. The highest BCUT2D eigenvalue weighted by Gasteiger charge is 2.29. The van der Waals surface area contributed by atoms with E-state index in [2.05, 4.69) is 19.9 Å². The van der Waals surface area contributed by atoms with Crippen LogP contribution in [0.3, 0.4) is 0 Å². The summed E-state index contributed by atoms with van der Waals surface area (Å²) in [6.07, 6.45) is 4.54. The molecule has 3 heterocycles. The molecule has 0 radical (unpaired) electrons. The Labute approximate surface area is 145 Å². The minimum Gasteiger partial charge on any atom is -0.506 e. The van der Waals surface area contributed by atoms with Crippen molar-refractivity contribution < 1.29 is 10.2 Å². The molecule has 1 aliphatic carbocycles. The van der Waals surface area contributed by atoms with Crippen LogP contribution in [0.5, 0.6) is 5.75 Å². The van der Waals surface area contributed by atoms with Crippen LogP contribution in [0.4, 0.5) is 0 Å². The lowest BCUT2D eigenvalue weighted by atomic mass is 10.0. The molecule has 0 aromatic carbocycles. The van der Waals surface area contributed by atoms with Crippen molar-refractivity contribution in [1.29, 1.82) is 0 Å². The van der Waals surface area contributed by atoms with E-state index in [9.17, 15) is 15.0 Å². The second-order valence-corrected chi connectivity index (χ2v) is 6.97. The number of aromatic amines is 1. The van der Waals surface area contributed by atoms with Crippen molar-refractivity contribution in [2.75, 3.05) is 6.54 Å². The average molecular weight is 342 g/mol. The highest BCUT2D eigenvalue weighted by molar-refractivity contribution is 5.40. The summed E-state index contributed by atoms with van der Waals surface area (Å²) in [6, 6.07) is 0. The van der Waals surface area contributed by atoms with Crippen LogP contribution >= 0.6 is 0 Å². The van der Waals surface area contributed by atoms with Gasteiger partial charge in [-0.1, -0.05) is 0 Å². The van der Waals surface area contributed by atoms with Gasteiger partial charge in [-0.15, -0.1) is 0 Å². The van der Waals surface area contributed by atoms with Crippen molar-refractivity contribution in [3.05, 3.63) is 50.5 Å². The topological polar surface area (TPSA) is 102 Å². The Kier molecular flexibility index (Phi) is 4.05. The van der Waals surface area contributed by atoms with Crippen LogP contribution in [0, 0.1) is 6.92 Å². The van der Waals surface area contributed by atoms with E-state index >= 15 is 0 Å². The Morgan fingerprint density at radius 2 is 2.20 bits per heavy atom. The maximum atomic E-state index is 12.4. The first kappa shape index (κ1) is 16.2. The molecule has 7 heteroatoms. The minimum atomic E-state index is -0.173. The molecule has 3 N–H and O–H groups in total. The number of hydrogen-bond donors (Lipinski definition) is 3. The zero-order valence-electron chi connectivity index (χ0n) is 14.2. The zero-order valence-corrected chi connectivity index (χ0v) is 14.2. The highest BCUT2D eigenvalue weighted by Crippen LogP contribution is 2.38. The Bertz CT molecular complexity index is 873. The number of aromatic hydroxyl groups is 1. The van der Waals surface area contributed by atoms with Crippen molar-refractivity contribution in [2.45, 2.75) is 51.8 Å². The van der Waals surface area contributed by atoms with Gasteiger partial charge in [-0.3, -0.25) is 14.7 Å². The Morgan fingerprint density at radius 3 is 2.92 bits per heavy atom. The summed E-state index contributed by atoms with van der Waals surface area (Å²) in [6.45, 7) is 3.29. The Balaban J connectivity index is 1.59. The molecule has 4 rings (SSSR count). The predicted molar refractivity (Wildman–Crippen MR) is 91.2 cm³/mol. The number of fused-ring (bicyclic) bond motifs is 1. The van der Waals surface area contributed by atoms with Gasteiger partial charge in [0.05, 0.1) is 23.6 Å². The molecule has 0 amide bonds. The Morgan fingerprint density at radius 1 is 1.40 bits per heavy atom. The van der Waals surface area contributed by atoms with E-state index < -0.39 is 0 Å². The molecule has 1 aliphatic heterocycles. The van der Waals surface area contributed by atoms with E-state index in [4.69, 9.17) is 0 Å².